The molecule has 0 spiro atoms. The van der Waals surface area contributed by atoms with Gasteiger partial charge in [-0.15, -0.1) is 5.10 Å². The van der Waals surface area contributed by atoms with Gasteiger partial charge in [0.25, 0.3) is 5.56 Å². The van der Waals surface area contributed by atoms with Crippen LogP contribution >= 0.6 is 0 Å². The second-order valence-corrected chi connectivity index (χ2v) is 10.9. The Bertz CT molecular complexity index is 1270. The molecule has 3 aliphatic rings. The van der Waals surface area contributed by atoms with Gasteiger partial charge >= 0.3 is 0 Å². The predicted octanol–water partition coefficient (Wildman–Crippen LogP) is 3.13. The summed E-state index contributed by atoms with van der Waals surface area (Å²) in [7, 11) is 0. The third kappa shape index (κ3) is 5.34. The summed E-state index contributed by atoms with van der Waals surface area (Å²) in [5.41, 5.74) is 1.36. The van der Waals surface area contributed by atoms with Crippen LogP contribution in [0.3, 0.4) is 0 Å². The normalized spacial score (nSPS) is 22.7. The van der Waals surface area contributed by atoms with E-state index in [0.717, 1.165) is 62.3 Å². The van der Waals surface area contributed by atoms with Crippen LogP contribution in [0, 0.1) is 0 Å². The molecule has 2 atom stereocenters. The lowest BCUT2D eigenvalue weighted by Crippen LogP contribution is -2.52. The maximum atomic E-state index is 13.6. The molecule has 10 nitrogen and oxygen atoms in total. The van der Waals surface area contributed by atoms with Crippen LogP contribution in [-0.2, 0) is 11.3 Å². The molecule has 2 aromatic heterocycles. The molecule has 6 rings (SSSR count). The van der Waals surface area contributed by atoms with Gasteiger partial charge in [0.2, 0.25) is 0 Å². The number of benzene rings is 1. The van der Waals surface area contributed by atoms with E-state index in [1.54, 1.807) is 0 Å². The number of fused-ring (bicyclic) bond motifs is 1. The molecule has 38 heavy (non-hydrogen) atoms. The van der Waals surface area contributed by atoms with Crippen molar-refractivity contribution in [1.29, 1.82) is 0 Å². The number of nitrogens with one attached hydrogen (secondary N) is 1. The van der Waals surface area contributed by atoms with Crippen LogP contribution in [0.5, 0.6) is 5.75 Å². The number of aromatic amines is 1. The minimum absolute atomic E-state index is 0.102. The van der Waals surface area contributed by atoms with E-state index < -0.39 is 0 Å². The fraction of sp³-hybridized carbons (Fsp3) is 0.643. The number of piperazine rings is 1. The molecule has 1 saturated carbocycles. The summed E-state index contributed by atoms with van der Waals surface area (Å²) in [5.74, 6) is 1.50. The Labute approximate surface area is 223 Å². The molecule has 3 aromatic rings. The minimum Gasteiger partial charge on any atom is -0.494 e. The molecule has 204 valence electrons. The lowest BCUT2D eigenvalue weighted by Gasteiger charge is -2.43. The van der Waals surface area contributed by atoms with Crippen molar-refractivity contribution in [3.05, 3.63) is 46.0 Å². The fourth-order valence-corrected chi connectivity index (χ4v) is 6.49. The van der Waals surface area contributed by atoms with Gasteiger partial charge in [-0.1, -0.05) is 19.3 Å². The zero-order valence-corrected chi connectivity index (χ0v) is 22.3. The summed E-state index contributed by atoms with van der Waals surface area (Å²) in [6, 6.07) is 8.14. The van der Waals surface area contributed by atoms with Crippen LogP contribution in [0.25, 0.3) is 10.9 Å². The van der Waals surface area contributed by atoms with Gasteiger partial charge in [-0.3, -0.25) is 14.6 Å². The highest BCUT2D eigenvalue weighted by atomic mass is 16.5. The highest BCUT2D eigenvalue weighted by molar-refractivity contribution is 5.80. The van der Waals surface area contributed by atoms with Gasteiger partial charge in [0.05, 0.1) is 19.3 Å². The van der Waals surface area contributed by atoms with Crippen LogP contribution in [0.1, 0.15) is 69.3 Å². The molecular formula is C28H39N7O3. The Morgan fingerprint density at radius 2 is 1.92 bits per heavy atom. The van der Waals surface area contributed by atoms with Crippen molar-refractivity contribution in [2.45, 2.75) is 76.6 Å². The van der Waals surface area contributed by atoms with Gasteiger partial charge < -0.3 is 14.5 Å². The van der Waals surface area contributed by atoms with E-state index in [1.165, 1.54) is 32.1 Å². The molecular weight excluding hydrogens is 482 g/mol. The Kier molecular flexibility index (Phi) is 7.71. The first-order valence-corrected chi connectivity index (χ1v) is 14.3. The molecule has 0 unspecified atom stereocenters. The standard InChI is InChI=1S/C28H39N7O3/c1-2-37-22-10-11-25-20(17-22)18-24(28(36)29-25)26(27-30-31-32-35(27)19-23-9-6-16-38-23)34-14-12-33(13-15-34)21-7-4-3-5-8-21/h10-11,17-18,21,23,26H,2-9,12-16,19H2,1H3,(H,29,36)/t23-,26+/m1/s1. The molecule has 1 aromatic carbocycles. The van der Waals surface area contributed by atoms with E-state index >= 15 is 0 Å². The quantitative estimate of drug-likeness (QED) is 0.483. The zero-order chi connectivity index (χ0) is 25.9. The van der Waals surface area contributed by atoms with Crippen LogP contribution in [0.4, 0.5) is 0 Å². The third-order valence-corrected chi connectivity index (χ3v) is 8.46. The number of nitrogens with zero attached hydrogens (tertiary/aromatic N) is 6. The molecule has 2 saturated heterocycles. The first-order chi connectivity index (χ1) is 18.7. The fourth-order valence-electron chi connectivity index (χ4n) is 6.49. The summed E-state index contributed by atoms with van der Waals surface area (Å²) in [6.45, 7) is 7.66. The molecule has 1 aliphatic carbocycles. The first-order valence-electron chi connectivity index (χ1n) is 14.3. The molecule has 0 radical (unpaired) electrons. The molecule has 4 heterocycles. The summed E-state index contributed by atoms with van der Waals surface area (Å²) in [5, 5.41) is 13.8. The van der Waals surface area contributed by atoms with Gasteiger partial charge in [0, 0.05) is 55.3 Å². The van der Waals surface area contributed by atoms with Gasteiger partial charge in [-0.05, 0) is 67.3 Å². The molecule has 3 fully saturated rings. The molecule has 1 N–H and O–H groups in total. The molecule has 0 bridgehead atoms. The highest BCUT2D eigenvalue weighted by Gasteiger charge is 2.35. The summed E-state index contributed by atoms with van der Waals surface area (Å²) < 4.78 is 13.5. The zero-order valence-electron chi connectivity index (χ0n) is 22.3. The van der Waals surface area contributed by atoms with Crippen LogP contribution in [0.2, 0.25) is 0 Å². The second-order valence-electron chi connectivity index (χ2n) is 10.9. The van der Waals surface area contributed by atoms with Crippen molar-refractivity contribution in [2.24, 2.45) is 0 Å². The van der Waals surface area contributed by atoms with Gasteiger partial charge in [0.1, 0.15) is 11.8 Å². The van der Waals surface area contributed by atoms with E-state index in [4.69, 9.17) is 9.47 Å². The average Bonchev–Trinajstić information content (AvgIpc) is 3.63. The van der Waals surface area contributed by atoms with Crippen molar-refractivity contribution >= 4 is 10.9 Å². The predicted molar refractivity (Wildman–Crippen MR) is 144 cm³/mol. The number of pyridine rings is 1. The Balaban J connectivity index is 1.34. The number of hydrogen-bond acceptors (Lipinski definition) is 8. The molecule has 10 heteroatoms. The third-order valence-electron chi connectivity index (χ3n) is 8.46. The topological polar surface area (TPSA) is 101 Å². The van der Waals surface area contributed by atoms with Crippen LogP contribution in [0.15, 0.2) is 29.1 Å². The smallest absolute Gasteiger partial charge is 0.253 e. The Hall–Kier alpha value is -2.82. The lowest BCUT2D eigenvalue weighted by atomic mass is 9.93. The summed E-state index contributed by atoms with van der Waals surface area (Å²) in [6.07, 6.45) is 8.79. The van der Waals surface area contributed by atoms with E-state index in [1.807, 2.05) is 35.9 Å². The van der Waals surface area contributed by atoms with Gasteiger partial charge in [0.15, 0.2) is 5.82 Å². The highest BCUT2D eigenvalue weighted by Crippen LogP contribution is 2.31. The monoisotopic (exact) mass is 521 g/mol. The maximum Gasteiger partial charge on any atom is 0.253 e. The van der Waals surface area contributed by atoms with E-state index in [-0.39, 0.29) is 17.7 Å². The maximum absolute atomic E-state index is 13.6. The van der Waals surface area contributed by atoms with Crippen LogP contribution in [-0.4, -0.2) is 86.5 Å². The SMILES string of the molecule is CCOc1ccc2[nH]c(=O)c([C@@H](c3nnnn3C[C@H]3CCCO3)N3CCN(C4CCCCC4)CC3)cc2c1. The van der Waals surface area contributed by atoms with Crippen molar-refractivity contribution in [1.82, 2.24) is 35.0 Å². The van der Waals surface area contributed by atoms with Gasteiger partial charge in [-0.25, -0.2) is 4.68 Å². The van der Waals surface area contributed by atoms with E-state index in [0.29, 0.717) is 30.6 Å². The summed E-state index contributed by atoms with van der Waals surface area (Å²) >= 11 is 0. The number of hydrogen-bond donors (Lipinski definition) is 1. The number of rotatable bonds is 8. The van der Waals surface area contributed by atoms with Crippen molar-refractivity contribution in [3.63, 3.8) is 0 Å². The number of aromatic nitrogens is 5. The average molecular weight is 522 g/mol. The first kappa shape index (κ1) is 25.5. The Morgan fingerprint density at radius 3 is 2.68 bits per heavy atom. The van der Waals surface area contributed by atoms with E-state index in [9.17, 15) is 4.79 Å². The van der Waals surface area contributed by atoms with Crippen molar-refractivity contribution in [2.75, 3.05) is 39.4 Å². The Morgan fingerprint density at radius 1 is 1.08 bits per heavy atom. The number of tetrazole rings is 1. The molecule has 2 aliphatic heterocycles. The largest absolute Gasteiger partial charge is 0.494 e. The lowest BCUT2D eigenvalue weighted by molar-refractivity contribution is 0.0593. The van der Waals surface area contributed by atoms with Gasteiger partial charge in [-0.2, -0.15) is 0 Å². The van der Waals surface area contributed by atoms with Crippen molar-refractivity contribution < 1.29 is 9.47 Å². The number of ether oxygens (including phenoxy) is 2. The van der Waals surface area contributed by atoms with Crippen LogP contribution < -0.4 is 10.3 Å². The summed E-state index contributed by atoms with van der Waals surface area (Å²) in [4.78, 5) is 21.7. The number of H-pyrrole nitrogens is 1. The second kappa shape index (κ2) is 11.5. The van der Waals surface area contributed by atoms with E-state index in [2.05, 4.69) is 30.3 Å². The minimum atomic E-state index is -0.344. The molecule has 0 amide bonds. The van der Waals surface area contributed by atoms with Crippen molar-refractivity contribution in [3.8, 4) is 5.75 Å².